The van der Waals surface area contributed by atoms with Gasteiger partial charge in [-0.15, -0.1) is 0 Å². The number of hydrogen-bond donors (Lipinski definition) is 0. The van der Waals surface area contributed by atoms with E-state index < -0.39 is 11.9 Å². The average molecular weight is 406 g/mol. The van der Waals surface area contributed by atoms with E-state index in [1.165, 1.54) is 0 Å². The Kier molecular flexibility index (Phi) is 5.01. The third kappa shape index (κ3) is 3.96. The fourth-order valence-corrected chi connectivity index (χ4v) is 3.66. The Morgan fingerprint density at radius 1 is 1.31 bits per heavy atom. The van der Waals surface area contributed by atoms with E-state index in [0.29, 0.717) is 50.3 Å². The van der Waals surface area contributed by atoms with E-state index in [0.717, 1.165) is 10.6 Å². The van der Waals surface area contributed by atoms with Crippen LogP contribution in [-0.2, 0) is 23.9 Å². The van der Waals surface area contributed by atoms with Crippen LogP contribution in [0.2, 0.25) is 0 Å². The quantitative estimate of drug-likeness (QED) is 0.654. The number of carbonyl (C=O) groups is 1. The van der Waals surface area contributed by atoms with Crippen molar-refractivity contribution in [3.63, 3.8) is 0 Å². The lowest BCUT2D eigenvalue weighted by Crippen LogP contribution is -2.29. The van der Waals surface area contributed by atoms with Gasteiger partial charge >= 0.3 is 6.18 Å². The predicted octanol–water partition coefficient (Wildman–Crippen LogP) is 2.91. The maximum atomic E-state index is 13.4. The van der Waals surface area contributed by atoms with Crippen LogP contribution in [0.25, 0.3) is 5.65 Å². The second kappa shape index (κ2) is 7.49. The number of rotatable bonds is 5. The Morgan fingerprint density at radius 3 is 2.83 bits per heavy atom. The Labute approximate surface area is 165 Å². The summed E-state index contributed by atoms with van der Waals surface area (Å²) in [4.78, 5) is 18.5. The number of hydrogen-bond acceptors (Lipinski definition) is 4. The first-order valence-corrected chi connectivity index (χ1v) is 9.57. The van der Waals surface area contributed by atoms with Crippen molar-refractivity contribution in [2.75, 3.05) is 13.1 Å². The highest BCUT2D eigenvalue weighted by molar-refractivity contribution is 5.76. The summed E-state index contributed by atoms with van der Waals surface area (Å²) in [5, 5.41) is 8.28. The monoisotopic (exact) mass is 406 g/mol. The van der Waals surface area contributed by atoms with Crippen molar-refractivity contribution in [1.82, 2.24) is 29.3 Å². The van der Waals surface area contributed by atoms with Crippen LogP contribution in [0.4, 0.5) is 13.2 Å². The van der Waals surface area contributed by atoms with Gasteiger partial charge in [-0.3, -0.25) is 9.48 Å². The van der Waals surface area contributed by atoms with E-state index in [-0.39, 0.29) is 17.5 Å². The summed E-state index contributed by atoms with van der Waals surface area (Å²) in [7, 11) is 0. The molecule has 1 amide bonds. The Balaban J connectivity index is 1.51. The van der Waals surface area contributed by atoms with Gasteiger partial charge in [-0.25, -0.2) is 9.50 Å². The molecular weight excluding hydrogens is 385 g/mol. The molecule has 0 aromatic carbocycles. The molecule has 7 nitrogen and oxygen atoms in total. The Hall–Kier alpha value is -2.91. The summed E-state index contributed by atoms with van der Waals surface area (Å²) in [6.45, 7) is 3.28. The number of aryl methyl sites for hydroxylation is 2. The van der Waals surface area contributed by atoms with Crippen LogP contribution in [0.15, 0.2) is 30.6 Å². The van der Waals surface area contributed by atoms with E-state index in [1.54, 1.807) is 41.0 Å². The largest absolute Gasteiger partial charge is 0.433 e. The SMILES string of the molecule is CCc1cc(C(F)(F)F)n2nc(C3CCN(C(=O)CCn4cccn4)C3)cc2n1. The number of likely N-dealkylation sites (tertiary alicyclic amines) is 1. The van der Waals surface area contributed by atoms with E-state index in [4.69, 9.17) is 0 Å². The van der Waals surface area contributed by atoms with E-state index in [2.05, 4.69) is 15.2 Å². The zero-order valence-corrected chi connectivity index (χ0v) is 15.9. The van der Waals surface area contributed by atoms with E-state index >= 15 is 0 Å². The first-order valence-electron chi connectivity index (χ1n) is 9.57. The van der Waals surface area contributed by atoms with Gasteiger partial charge in [0.25, 0.3) is 0 Å². The molecule has 0 spiro atoms. The first kappa shape index (κ1) is 19.4. The highest BCUT2D eigenvalue weighted by Crippen LogP contribution is 2.32. The fourth-order valence-electron chi connectivity index (χ4n) is 3.66. The van der Waals surface area contributed by atoms with Crippen LogP contribution in [-0.4, -0.2) is 48.3 Å². The molecule has 154 valence electrons. The average Bonchev–Trinajstić information content (AvgIpc) is 3.44. The smallest absolute Gasteiger partial charge is 0.342 e. The number of fused-ring (bicyclic) bond motifs is 1. The summed E-state index contributed by atoms with van der Waals surface area (Å²) < 4.78 is 42.9. The fraction of sp³-hybridized carbons (Fsp3) is 0.474. The third-order valence-corrected chi connectivity index (χ3v) is 5.23. The number of carbonyl (C=O) groups excluding carboxylic acids is 1. The Morgan fingerprint density at radius 2 is 2.14 bits per heavy atom. The van der Waals surface area contributed by atoms with Crippen molar-refractivity contribution < 1.29 is 18.0 Å². The van der Waals surface area contributed by atoms with E-state index in [9.17, 15) is 18.0 Å². The summed E-state index contributed by atoms with van der Waals surface area (Å²) in [5.41, 5.74) is 0.280. The topological polar surface area (TPSA) is 68.3 Å². The van der Waals surface area contributed by atoms with Gasteiger partial charge in [0.2, 0.25) is 5.91 Å². The lowest BCUT2D eigenvalue weighted by atomic mass is 10.1. The molecule has 1 unspecified atom stereocenters. The molecule has 0 aliphatic carbocycles. The zero-order chi connectivity index (χ0) is 20.6. The first-order chi connectivity index (χ1) is 13.8. The van der Waals surface area contributed by atoms with Gasteiger partial charge in [-0.05, 0) is 25.0 Å². The molecule has 3 aromatic heterocycles. The van der Waals surface area contributed by atoms with Crippen LogP contribution in [0, 0.1) is 0 Å². The normalized spacial score (nSPS) is 17.4. The molecule has 10 heteroatoms. The molecule has 0 saturated carbocycles. The van der Waals surface area contributed by atoms with Gasteiger partial charge in [-0.1, -0.05) is 6.92 Å². The molecule has 0 N–H and O–H groups in total. The molecule has 1 atom stereocenters. The molecule has 0 radical (unpaired) electrons. The van der Waals surface area contributed by atoms with Crippen molar-refractivity contribution in [3.8, 4) is 0 Å². The van der Waals surface area contributed by atoms with Crippen molar-refractivity contribution in [2.24, 2.45) is 0 Å². The van der Waals surface area contributed by atoms with Crippen molar-refractivity contribution in [1.29, 1.82) is 0 Å². The van der Waals surface area contributed by atoms with Crippen molar-refractivity contribution in [3.05, 3.63) is 47.7 Å². The lowest BCUT2D eigenvalue weighted by molar-refractivity contribution is -0.142. The molecule has 29 heavy (non-hydrogen) atoms. The number of halogens is 3. The molecular formula is C19H21F3N6O. The van der Waals surface area contributed by atoms with Crippen LogP contribution in [0.5, 0.6) is 0 Å². The predicted molar refractivity (Wildman–Crippen MR) is 98.1 cm³/mol. The van der Waals surface area contributed by atoms with Gasteiger partial charge in [0.1, 0.15) is 5.69 Å². The number of amides is 1. The summed E-state index contributed by atoms with van der Waals surface area (Å²) in [6.07, 6.45) is 0.346. The van der Waals surface area contributed by atoms with Gasteiger partial charge in [0, 0.05) is 56.1 Å². The summed E-state index contributed by atoms with van der Waals surface area (Å²) in [5.74, 6) is -0.0920. The van der Waals surface area contributed by atoms with Crippen LogP contribution >= 0.6 is 0 Å². The zero-order valence-electron chi connectivity index (χ0n) is 15.9. The molecule has 4 rings (SSSR count). The maximum absolute atomic E-state index is 13.4. The van der Waals surface area contributed by atoms with Gasteiger partial charge < -0.3 is 4.90 Å². The molecule has 1 fully saturated rings. The number of aromatic nitrogens is 5. The van der Waals surface area contributed by atoms with Crippen LogP contribution in [0.1, 0.15) is 42.8 Å². The minimum Gasteiger partial charge on any atom is -0.342 e. The summed E-state index contributed by atoms with van der Waals surface area (Å²) in [6, 6.07) is 4.45. The van der Waals surface area contributed by atoms with Crippen molar-refractivity contribution in [2.45, 2.75) is 44.8 Å². The summed E-state index contributed by atoms with van der Waals surface area (Å²) >= 11 is 0. The molecule has 1 aliphatic heterocycles. The molecule has 3 aromatic rings. The number of alkyl halides is 3. The van der Waals surface area contributed by atoms with Crippen LogP contribution in [0.3, 0.4) is 0 Å². The molecule has 4 heterocycles. The van der Waals surface area contributed by atoms with Gasteiger partial charge in [-0.2, -0.15) is 23.4 Å². The minimum absolute atomic E-state index is 0.00846. The second-order valence-corrected chi connectivity index (χ2v) is 7.17. The second-order valence-electron chi connectivity index (χ2n) is 7.17. The lowest BCUT2D eigenvalue weighted by Gasteiger charge is -2.16. The highest BCUT2D eigenvalue weighted by Gasteiger charge is 2.36. The standard InChI is InChI=1S/C19H21F3N6O/c1-2-14-10-16(19(20,21)22)28-17(24-14)11-15(25-28)13-4-8-26(12-13)18(29)5-9-27-7-3-6-23-27/h3,6-7,10-11,13H,2,4-5,8-9,12H2,1H3. The maximum Gasteiger partial charge on any atom is 0.433 e. The van der Waals surface area contributed by atoms with E-state index in [1.807, 2.05) is 0 Å². The number of nitrogens with zero attached hydrogens (tertiary/aromatic N) is 6. The molecule has 0 bridgehead atoms. The van der Waals surface area contributed by atoms with Crippen molar-refractivity contribution >= 4 is 11.6 Å². The van der Waals surface area contributed by atoms with Gasteiger partial charge in [0.05, 0.1) is 5.69 Å². The van der Waals surface area contributed by atoms with Crippen LogP contribution < -0.4 is 0 Å². The Bertz CT molecular complexity index is 1010. The minimum atomic E-state index is -4.52. The molecule has 1 aliphatic rings. The highest BCUT2D eigenvalue weighted by atomic mass is 19.4. The van der Waals surface area contributed by atoms with Gasteiger partial charge in [0.15, 0.2) is 5.65 Å². The molecule has 1 saturated heterocycles. The third-order valence-electron chi connectivity index (χ3n) is 5.23.